The van der Waals surface area contributed by atoms with Crippen LogP contribution < -0.4 is 10.2 Å². The van der Waals surface area contributed by atoms with Gasteiger partial charge in [-0.25, -0.2) is 4.52 Å². The van der Waals surface area contributed by atoms with E-state index in [4.69, 9.17) is 4.74 Å². The molecule has 0 saturated carbocycles. The predicted octanol–water partition coefficient (Wildman–Crippen LogP) is 1.84. The first-order valence-electron chi connectivity index (χ1n) is 8.43. The van der Waals surface area contributed by atoms with Crippen LogP contribution in [0.5, 0.6) is 0 Å². The van der Waals surface area contributed by atoms with Crippen LogP contribution in [0.25, 0.3) is 5.52 Å². The second-order valence-electron chi connectivity index (χ2n) is 6.31. The molecule has 2 aromatic heterocycles. The fourth-order valence-electron chi connectivity index (χ4n) is 3.42. The molecule has 2 aliphatic heterocycles. The van der Waals surface area contributed by atoms with Crippen molar-refractivity contribution in [3.05, 3.63) is 30.1 Å². The van der Waals surface area contributed by atoms with Gasteiger partial charge in [-0.2, -0.15) is 5.10 Å². The van der Waals surface area contributed by atoms with Crippen molar-refractivity contribution >= 4 is 17.1 Å². The Morgan fingerprint density at radius 2 is 2.22 bits per heavy atom. The van der Waals surface area contributed by atoms with Crippen LogP contribution in [-0.2, 0) is 4.74 Å². The Morgan fingerprint density at radius 1 is 1.35 bits per heavy atom. The fourth-order valence-corrected chi connectivity index (χ4v) is 3.42. The van der Waals surface area contributed by atoms with E-state index < -0.39 is 0 Å². The standard InChI is InChI=1S/C17H22N4O2/c22-17(18-11-14-4-3-9-23-14)15-12-19-21-8-5-13(10-16(15)21)20-6-1-2-7-20/h5,8,10,12,14H,1-4,6-7,9,11H2,(H,18,22). The van der Waals surface area contributed by atoms with Gasteiger partial charge in [-0.1, -0.05) is 0 Å². The zero-order chi connectivity index (χ0) is 15.6. The number of nitrogens with one attached hydrogen (secondary N) is 1. The monoisotopic (exact) mass is 314 g/mol. The summed E-state index contributed by atoms with van der Waals surface area (Å²) in [6.07, 6.45) is 8.30. The lowest BCUT2D eigenvalue weighted by molar-refractivity contribution is 0.0859. The third-order valence-electron chi connectivity index (χ3n) is 4.74. The van der Waals surface area contributed by atoms with Gasteiger partial charge in [0.25, 0.3) is 5.91 Å². The average molecular weight is 314 g/mol. The van der Waals surface area contributed by atoms with Gasteiger partial charge in [-0.3, -0.25) is 4.79 Å². The first-order valence-corrected chi connectivity index (χ1v) is 8.43. The lowest BCUT2D eigenvalue weighted by Gasteiger charge is -2.17. The third kappa shape index (κ3) is 2.91. The van der Waals surface area contributed by atoms with E-state index in [9.17, 15) is 4.79 Å². The molecule has 0 aliphatic carbocycles. The van der Waals surface area contributed by atoms with Gasteiger partial charge >= 0.3 is 0 Å². The Balaban J connectivity index is 1.53. The van der Waals surface area contributed by atoms with Gasteiger partial charge in [0.1, 0.15) is 0 Å². The Bertz CT molecular complexity index is 700. The molecule has 4 rings (SSSR count). The molecule has 1 unspecified atom stereocenters. The molecule has 0 aromatic carbocycles. The van der Waals surface area contributed by atoms with Crippen LogP contribution >= 0.6 is 0 Å². The predicted molar refractivity (Wildman–Crippen MR) is 87.9 cm³/mol. The molecule has 0 spiro atoms. The Kier molecular flexibility index (Phi) is 3.91. The highest BCUT2D eigenvalue weighted by Gasteiger charge is 2.19. The molecule has 4 heterocycles. The first-order chi connectivity index (χ1) is 11.3. The van der Waals surface area contributed by atoms with Crippen molar-refractivity contribution in [2.24, 2.45) is 0 Å². The Hall–Kier alpha value is -2.08. The summed E-state index contributed by atoms with van der Waals surface area (Å²) >= 11 is 0. The number of amides is 1. The van der Waals surface area contributed by atoms with Gasteiger partial charge in [0.15, 0.2) is 0 Å². The lowest BCUT2D eigenvalue weighted by atomic mass is 10.2. The molecule has 2 saturated heterocycles. The van der Waals surface area contributed by atoms with Crippen molar-refractivity contribution in [1.82, 2.24) is 14.9 Å². The number of nitrogens with zero attached hydrogens (tertiary/aromatic N) is 3. The summed E-state index contributed by atoms with van der Waals surface area (Å²) in [6.45, 7) is 3.55. The zero-order valence-corrected chi connectivity index (χ0v) is 13.2. The molecule has 1 amide bonds. The molecule has 2 aliphatic rings. The van der Waals surface area contributed by atoms with Crippen LogP contribution in [0.2, 0.25) is 0 Å². The largest absolute Gasteiger partial charge is 0.376 e. The van der Waals surface area contributed by atoms with Gasteiger partial charge in [-0.05, 0) is 37.8 Å². The second kappa shape index (κ2) is 6.20. The quantitative estimate of drug-likeness (QED) is 0.935. The van der Waals surface area contributed by atoms with Gasteiger partial charge in [-0.15, -0.1) is 0 Å². The molecule has 1 N–H and O–H groups in total. The minimum atomic E-state index is -0.0749. The number of rotatable bonds is 4. The van der Waals surface area contributed by atoms with E-state index in [1.807, 2.05) is 6.20 Å². The van der Waals surface area contributed by atoms with E-state index in [2.05, 4.69) is 27.4 Å². The number of ether oxygens (including phenoxy) is 1. The molecule has 1 atom stereocenters. The molecule has 122 valence electrons. The van der Waals surface area contributed by atoms with Gasteiger partial charge < -0.3 is 15.0 Å². The van der Waals surface area contributed by atoms with Crippen molar-refractivity contribution in [2.75, 3.05) is 31.1 Å². The van der Waals surface area contributed by atoms with Gasteiger partial charge in [0.05, 0.1) is 23.4 Å². The summed E-state index contributed by atoms with van der Waals surface area (Å²) in [5, 5.41) is 7.27. The SMILES string of the molecule is O=C(NCC1CCCO1)c1cnn2ccc(N3CCCC3)cc12. The van der Waals surface area contributed by atoms with Crippen LogP contribution in [0.15, 0.2) is 24.5 Å². The number of carbonyl (C=O) groups is 1. The number of fused-ring (bicyclic) bond motifs is 1. The molecule has 6 nitrogen and oxygen atoms in total. The fraction of sp³-hybridized carbons (Fsp3) is 0.529. The number of aromatic nitrogens is 2. The third-order valence-corrected chi connectivity index (χ3v) is 4.74. The van der Waals surface area contributed by atoms with Crippen molar-refractivity contribution in [3.8, 4) is 0 Å². The van der Waals surface area contributed by atoms with Crippen LogP contribution in [0.4, 0.5) is 5.69 Å². The highest BCUT2D eigenvalue weighted by Crippen LogP contribution is 2.23. The van der Waals surface area contributed by atoms with Gasteiger partial charge in [0.2, 0.25) is 0 Å². The highest BCUT2D eigenvalue weighted by atomic mass is 16.5. The van der Waals surface area contributed by atoms with Crippen molar-refractivity contribution in [1.29, 1.82) is 0 Å². The Labute approximate surface area is 135 Å². The van der Waals surface area contributed by atoms with E-state index in [-0.39, 0.29) is 12.0 Å². The molecule has 23 heavy (non-hydrogen) atoms. The maximum absolute atomic E-state index is 12.5. The molecule has 0 radical (unpaired) electrons. The zero-order valence-electron chi connectivity index (χ0n) is 13.2. The van der Waals surface area contributed by atoms with Crippen molar-refractivity contribution in [2.45, 2.75) is 31.8 Å². The van der Waals surface area contributed by atoms with Gasteiger partial charge in [0, 0.05) is 38.1 Å². The number of pyridine rings is 1. The van der Waals surface area contributed by atoms with E-state index in [0.29, 0.717) is 12.1 Å². The number of hydrogen-bond acceptors (Lipinski definition) is 4. The maximum atomic E-state index is 12.5. The Morgan fingerprint density at radius 3 is 3.00 bits per heavy atom. The molecule has 2 aromatic rings. The van der Waals surface area contributed by atoms with E-state index in [1.165, 1.54) is 18.5 Å². The first kappa shape index (κ1) is 14.5. The summed E-state index contributed by atoms with van der Waals surface area (Å²) in [6, 6.07) is 4.14. The number of carbonyl (C=O) groups excluding carboxylic acids is 1. The number of anilines is 1. The van der Waals surface area contributed by atoms with Crippen LogP contribution in [-0.4, -0.2) is 47.9 Å². The van der Waals surface area contributed by atoms with E-state index >= 15 is 0 Å². The summed E-state index contributed by atoms with van der Waals surface area (Å²) in [4.78, 5) is 14.8. The van der Waals surface area contributed by atoms with Crippen LogP contribution in [0.1, 0.15) is 36.0 Å². The minimum Gasteiger partial charge on any atom is -0.376 e. The smallest absolute Gasteiger partial charge is 0.255 e. The van der Waals surface area contributed by atoms with Crippen molar-refractivity contribution in [3.63, 3.8) is 0 Å². The summed E-state index contributed by atoms with van der Waals surface area (Å²) in [7, 11) is 0. The van der Waals surface area contributed by atoms with Crippen LogP contribution in [0, 0.1) is 0 Å². The average Bonchev–Trinajstić information content (AvgIpc) is 3.32. The summed E-state index contributed by atoms with van der Waals surface area (Å²) in [5.41, 5.74) is 2.66. The van der Waals surface area contributed by atoms with Crippen LogP contribution in [0.3, 0.4) is 0 Å². The molecule has 6 heteroatoms. The molecule has 2 fully saturated rings. The number of hydrogen-bond donors (Lipinski definition) is 1. The summed E-state index contributed by atoms with van der Waals surface area (Å²) in [5.74, 6) is -0.0749. The maximum Gasteiger partial charge on any atom is 0.255 e. The lowest BCUT2D eigenvalue weighted by Crippen LogP contribution is -2.31. The molecule has 0 bridgehead atoms. The van der Waals surface area contributed by atoms with E-state index in [1.54, 1.807) is 10.7 Å². The minimum absolute atomic E-state index is 0.0749. The highest BCUT2D eigenvalue weighted by molar-refractivity contribution is 6.01. The molecular formula is C17H22N4O2. The normalized spacial score (nSPS) is 21.2. The summed E-state index contributed by atoms with van der Waals surface area (Å²) < 4.78 is 7.32. The molecular weight excluding hydrogens is 292 g/mol. The topological polar surface area (TPSA) is 58.9 Å². The second-order valence-corrected chi connectivity index (χ2v) is 6.31. The van der Waals surface area contributed by atoms with E-state index in [0.717, 1.165) is 38.1 Å². The van der Waals surface area contributed by atoms with Crippen molar-refractivity contribution < 1.29 is 9.53 Å².